The van der Waals surface area contributed by atoms with Gasteiger partial charge in [0.25, 0.3) is 5.91 Å². The van der Waals surface area contributed by atoms with Gasteiger partial charge in [0.05, 0.1) is 13.2 Å². The van der Waals surface area contributed by atoms with Crippen LogP contribution in [0.15, 0.2) is 48.5 Å². The second kappa shape index (κ2) is 13.5. The molecule has 0 saturated heterocycles. The van der Waals surface area contributed by atoms with Gasteiger partial charge in [0.15, 0.2) is 5.82 Å². The molecule has 0 aliphatic carbocycles. The number of aryl methyl sites for hydroxylation is 1. The summed E-state index contributed by atoms with van der Waals surface area (Å²) in [5, 5.41) is 8.16. The third-order valence-electron chi connectivity index (χ3n) is 5.65. The van der Waals surface area contributed by atoms with E-state index in [9.17, 15) is 4.79 Å². The maximum atomic E-state index is 12.8. The molecule has 1 aromatic heterocycles. The lowest BCUT2D eigenvalue weighted by molar-refractivity contribution is 0.102. The number of anilines is 1. The van der Waals surface area contributed by atoms with E-state index in [-0.39, 0.29) is 18.3 Å². The largest absolute Gasteiger partial charge is 0.493 e. The van der Waals surface area contributed by atoms with E-state index in [4.69, 9.17) is 16.3 Å². The number of hydrogen-bond donors (Lipinski definition) is 1. The van der Waals surface area contributed by atoms with E-state index in [2.05, 4.69) is 43.0 Å². The van der Waals surface area contributed by atoms with E-state index < -0.39 is 0 Å². The van der Waals surface area contributed by atoms with Gasteiger partial charge in [-0.3, -0.25) is 14.4 Å². The highest BCUT2D eigenvalue weighted by Gasteiger charge is 2.13. The van der Waals surface area contributed by atoms with Gasteiger partial charge in [0, 0.05) is 34.5 Å². The number of ether oxygens (including phenoxy) is 1. The van der Waals surface area contributed by atoms with Gasteiger partial charge in [-0.1, -0.05) is 51.4 Å². The van der Waals surface area contributed by atoms with Crippen molar-refractivity contribution in [2.45, 2.75) is 47.7 Å². The van der Waals surface area contributed by atoms with Crippen molar-refractivity contribution in [1.29, 1.82) is 0 Å². The molecule has 8 heteroatoms. The Morgan fingerprint density at radius 2 is 1.80 bits per heavy atom. The summed E-state index contributed by atoms with van der Waals surface area (Å²) >= 11 is 6.24. The second-order valence-corrected chi connectivity index (χ2v) is 9.33. The van der Waals surface area contributed by atoms with Crippen LogP contribution < -0.4 is 10.1 Å². The van der Waals surface area contributed by atoms with Gasteiger partial charge in [-0.05, 0) is 61.8 Å². The minimum Gasteiger partial charge on any atom is -0.493 e. The lowest BCUT2D eigenvalue weighted by Crippen LogP contribution is -2.22. The van der Waals surface area contributed by atoms with Crippen molar-refractivity contribution in [3.63, 3.8) is 0 Å². The van der Waals surface area contributed by atoms with Crippen molar-refractivity contribution < 1.29 is 9.53 Å². The van der Waals surface area contributed by atoms with Crippen LogP contribution >= 0.6 is 24.0 Å². The molecule has 1 N–H and O–H groups in total. The molecule has 3 rings (SSSR count). The molecule has 0 saturated carbocycles. The Bertz CT molecular complexity index is 1090. The Hall–Kier alpha value is -2.54. The summed E-state index contributed by atoms with van der Waals surface area (Å²) in [5.41, 5.74) is 3.67. The van der Waals surface area contributed by atoms with E-state index in [1.165, 1.54) is 5.56 Å². The highest BCUT2D eigenvalue weighted by Crippen LogP contribution is 2.25. The van der Waals surface area contributed by atoms with Gasteiger partial charge in [0.2, 0.25) is 0 Å². The molecule has 6 nitrogen and oxygen atoms in total. The van der Waals surface area contributed by atoms with E-state index in [1.807, 2.05) is 60.1 Å². The quantitative estimate of drug-likeness (QED) is 0.317. The number of nitrogens with zero attached hydrogens (tertiary/aromatic N) is 3. The average Bonchev–Trinajstić information content (AvgIpc) is 3.15. The highest BCUT2D eigenvalue weighted by atomic mass is 35.5. The summed E-state index contributed by atoms with van der Waals surface area (Å²) < 4.78 is 7.81. The SMILES string of the molecule is CCN(CC)Cc1ccc(C(=O)Nc2cc(C)n(Cc3cc(Cl)ccc3OCC(C)C)n2)cc1.Cl. The molecule has 0 fully saturated rings. The molecule has 0 radical (unpaired) electrons. The summed E-state index contributed by atoms with van der Waals surface area (Å²) in [6.45, 7) is 14.5. The zero-order valence-electron chi connectivity index (χ0n) is 21.2. The Labute approximate surface area is 220 Å². The van der Waals surface area contributed by atoms with Crippen molar-refractivity contribution in [2.75, 3.05) is 25.0 Å². The molecule has 0 aliphatic heterocycles. The molecular weight excluding hydrogens is 483 g/mol. The van der Waals surface area contributed by atoms with Crippen molar-refractivity contribution in [3.05, 3.63) is 75.9 Å². The standard InChI is InChI=1S/C27H35ClN4O2.ClH/c1-6-31(7-2)16-21-8-10-22(11-9-21)27(33)29-26-14-20(5)32(30-26)17-23-15-24(28)12-13-25(23)34-18-19(3)4;/h8-15,19H,6-7,16-18H2,1-5H3,(H,29,30,33);1H. The molecule has 35 heavy (non-hydrogen) atoms. The minimum absolute atomic E-state index is 0. The zero-order chi connectivity index (χ0) is 24.7. The third-order valence-corrected chi connectivity index (χ3v) is 5.89. The Morgan fingerprint density at radius 1 is 1.11 bits per heavy atom. The van der Waals surface area contributed by atoms with Gasteiger partial charge in [-0.25, -0.2) is 0 Å². The van der Waals surface area contributed by atoms with Crippen molar-refractivity contribution in [1.82, 2.24) is 14.7 Å². The second-order valence-electron chi connectivity index (χ2n) is 8.90. The van der Waals surface area contributed by atoms with Crippen molar-refractivity contribution in [2.24, 2.45) is 5.92 Å². The molecule has 1 amide bonds. The number of nitrogens with one attached hydrogen (secondary N) is 1. The number of hydrogen-bond acceptors (Lipinski definition) is 4. The summed E-state index contributed by atoms with van der Waals surface area (Å²) in [4.78, 5) is 15.1. The van der Waals surface area contributed by atoms with Crippen LogP contribution in [0.5, 0.6) is 5.75 Å². The van der Waals surface area contributed by atoms with Gasteiger partial charge in [-0.2, -0.15) is 5.10 Å². The number of halogens is 2. The van der Waals surface area contributed by atoms with Gasteiger partial charge < -0.3 is 10.1 Å². The number of carbonyl (C=O) groups is 1. The predicted molar refractivity (Wildman–Crippen MR) is 146 cm³/mol. The first-order valence-electron chi connectivity index (χ1n) is 11.9. The maximum Gasteiger partial charge on any atom is 0.256 e. The number of carbonyl (C=O) groups excluding carboxylic acids is 1. The summed E-state index contributed by atoms with van der Waals surface area (Å²) in [7, 11) is 0. The van der Waals surface area contributed by atoms with Crippen LogP contribution in [-0.4, -0.2) is 40.3 Å². The van der Waals surface area contributed by atoms with Crippen LogP contribution in [0.2, 0.25) is 5.02 Å². The topological polar surface area (TPSA) is 59.4 Å². The Kier molecular flexibility index (Phi) is 11.1. The van der Waals surface area contributed by atoms with Crippen LogP contribution in [0.4, 0.5) is 5.82 Å². The molecular formula is C27H36Cl2N4O2. The molecule has 3 aromatic rings. The average molecular weight is 520 g/mol. The number of rotatable bonds is 11. The first-order chi connectivity index (χ1) is 16.3. The molecule has 0 aliphatic rings. The maximum absolute atomic E-state index is 12.8. The monoisotopic (exact) mass is 518 g/mol. The lowest BCUT2D eigenvalue weighted by Gasteiger charge is -2.17. The fraction of sp³-hybridized carbons (Fsp3) is 0.407. The van der Waals surface area contributed by atoms with Gasteiger partial charge >= 0.3 is 0 Å². The first kappa shape index (κ1) is 28.7. The fourth-order valence-corrected chi connectivity index (χ4v) is 3.81. The van der Waals surface area contributed by atoms with Crippen LogP contribution in [0.3, 0.4) is 0 Å². The van der Waals surface area contributed by atoms with Crippen molar-refractivity contribution in [3.8, 4) is 5.75 Å². The summed E-state index contributed by atoms with van der Waals surface area (Å²) in [5.74, 6) is 1.55. The third kappa shape index (κ3) is 8.27. The number of amides is 1. The molecule has 0 spiro atoms. The minimum atomic E-state index is -0.178. The van der Waals surface area contributed by atoms with Crippen LogP contribution in [0.25, 0.3) is 0 Å². The molecule has 1 heterocycles. The predicted octanol–water partition coefficient (Wildman–Crippen LogP) is 6.44. The van der Waals surface area contributed by atoms with Crippen molar-refractivity contribution >= 4 is 35.7 Å². The van der Waals surface area contributed by atoms with E-state index in [1.54, 1.807) is 0 Å². The summed E-state index contributed by atoms with van der Waals surface area (Å²) in [6, 6.07) is 15.2. The molecule has 0 unspecified atom stereocenters. The molecule has 190 valence electrons. The highest BCUT2D eigenvalue weighted by molar-refractivity contribution is 6.30. The van der Waals surface area contributed by atoms with Gasteiger partial charge in [0.1, 0.15) is 5.75 Å². The number of aromatic nitrogens is 2. The van der Waals surface area contributed by atoms with E-state index >= 15 is 0 Å². The molecule has 0 bridgehead atoms. The summed E-state index contributed by atoms with van der Waals surface area (Å²) in [6.07, 6.45) is 0. The van der Waals surface area contributed by atoms with Gasteiger partial charge in [-0.15, -0.1) is 12.4 Å². The molecule has 0 atom stereocenters. The lowest BCUT2D eigenvalue weighted by atomic mass is 10.1. The van der Waals surface area contributed by atoms with Crippen LogP contribution in [0.1, 0.15) is 54.9 Å². The van der Waals surface area contributed by atoms with Crippen LogP contribution in [-0.2, 0) is 13.1 Å². The normalized spacial score (nSPS) is 11.0. The Balaban J connectivity index is 0.00000432. The first-order valence-corrected chi connectivity index (χ1v) is 12.2. The molecule has 2 aromatic carbocycles. The van der Waals surface area contributed by atoms with E-state index in [0.29, 0.717) is 35.5 Å². The van der Waals surface area contributed by atoms with E-state index in [0.717, 1.165) is 36.6 Å². The number of benzene rings is 2. The fourth-order valence-electron chi connectivity index (χ4n) is 3.62. The zero-order valence-corrected chi connectivity index (χ0v) is 22.7. The smallest absolute Gasteiger partial charge is 0.256 e. The van der Waals surface area contributed by atoms with Crippen LogP contribution in [0, 0.1) is 12.8 Å². The Morgan fingerprint density at radius 3 is 2.43 bits per heavy atom.